The molecule has 2 rings (SSSR count). The zero-order valence-corrected chi connectivity index (χ0v) is 12.5. The van der Waals surface area contributed by atoms with Gasteiger partial charge in [0.25, 0.3) is 0 Å². The fourth-order valence-corrected chi connectivity index (χ4v) is 4.66. The number of hydrogen-bond acceptors (Lipinski definition) is 3. The molecule has 0 aromatic rings. The van der Waals surface area contributed by atoms with E-state index in [0.717, 1.165) is 19.3 Å². The predicted molar refractivity (Wildman–Crippen MR) is 74.6 cm³/mol. The number of amides is 1. The molecule has 0 aliphatic carbocycles. The Bertz CT molecular complexity index is 427. The van der Waals surface area contributed by atoms with Crippen molar-refractivity contribution in [1.82, 2.24) is 9.62 Å². The second kappa shape index (κ2) is 6.41. The van der Waals surface area contributed by atoms with Gasteiger partial charge < -0.3 is 5.32 Å². The highest BCUT2D eigenvalue weighted by Crippen LogP contribution is 2.27. The van der Waals surface area contributed by atoms with Crippen LogP contribution >= 0.6 is 11.6 Å². The lowest BCUT2D eigenvalue weighted by Gasteiger charge is -2.40. The Morgan fingerprint density at radius 1 is 1.32 bits per heavy atom. The smallest absolute Gasteiger partial charge is 0.220 e. The molecule has 1 amide bonds. The molecule has 0 bridgehead atoms. The third-order valence-electron chi connectivity index (χ3n) is 3.96. The third-order valence-corrected chi connectivity index (χ3v) is 6.15. The second-order valence-electron chi connectivity index (χ2n) is 5.33. The molecular formula is C12H21ClN2O3S. The highest BCUT2D eigenvalue weighted by Gasteiger charge is 2.37. The number of piperidine rings is 2. The van der Waals surface area contributed by atoms with E-state index in [4.69, 9.17) is 11.6 Å². The average Bonchev–Trinajstić information content (AvgIpc) is 2.38. The quantitative estimate of drug-likeness (QED) is 0.607. The average molecular weight is 309 g/mol. The van der Waals surface area contributed by atoms with Gasteiger partial charge >= 0.3 is 0 Å². The normalized spacial score (nSPS) is 28.8. The summed E-state index contributed by atoms with van der Waals surface area (Å²) >= 11 is 5.57. The first-order valence-electron chi connectivity index (χ1n) is 6.86. The molecule has 2 fully saturated rings. The number of sulfonamides is 1. The summed E-state index contributed by atoms with van der Waals surface area (Å²) in [7, 11) is -3.16. The number of hydrogen-bond donors (Lipinski definition) is 1. The molecule has 1 N–H and O–H groups in total. The van der Waals surface area contributed by atoms with Crippen LogP contribution in [0.2, 0.25) is 0 Å². The van der Waals surface area contributed by atoms with Gasteiger partial charge in [0.1, 0.15) is 0 Å². The number of unbranched alkanes of at least 4 members (excludes halogenated alkanes) is 1. The molecule has 0 aromatic heterocycles. The lowest BCUT2D eigenvalue weighted by atomic mass is 9.86. The van der Waals surface area contributed by atoms with E-state index in [1.165, 1.54) is 0 Å². The van der Waals surface area contributed by atoms with Gasteiger partial charge in [0.2, 0.25) is 15.9 Å². The maximum absolute atomic E-state index is 12.2. The summed E-state index contributed by atoms with van der Waals surface area (Å²) in [5, 5.41) is 2.96. The maximum atomic E-state index is 12.2. The number of nitrogens with one attached hydrogen (secondary N) is 1. The lowest BCUT2D eigenvalue weighted by Crippen LogP contribution is -2.55. The van der Waals surface area contributed by atoms with Gasteiger partial charge in [-0.05, 0) is 31.6 Å². The number of rotatable bonds is 5. The van der Waals surface area contributed by atoms with E-state index >= 15 is 0 Å². The molecule has 2 unspecified atom stereocenters. The molecule has 2 aliphatic heterocycles. The van der Waals surface area contributed by atoms with Gasteiger partial charge in [-0.3, -0.25) is 4.79 Å². The summed E-state index contributed by atoms with van der Waals surface area (Å²) in [6.45, 7) is 1.07. The van der Waals surface area contributed by atoms with Gasteiger partial charge in [0, 0.05) is 31.4 Å². The van der Waals surface area contributed by atoms with Crippen molar-refractivity contribution >= 4 is 27.5 Å². The molecule has 2 heterocycles. The van der Waals surface area contributed by atoms with Crippen LogP contribution in [0, 0.1) is 5.92 Å². The molecule has 19 heavy (non-hydrogen) atoms. The van der Waals surface area contributed by atoms with Crippen LogP contribution in [0.15, 0.2) is 0 Å². The first-order valence-corrected chi connectivity index (χ1v) is 9.00. The van der Waals surface area contributed by atoms with Crippen LogP contribution in [0.4, 0.5) is 0 Å². The maximum Gasteiger partial charge on any atom is 0.220 e. The first kappa shape index (κ1) is 15.1. The van der Waals surface area contributed by atoms with Crippen molar-refractivity contribution in [3.05, 3.63) is 0 Å². The summed E-state index contributed by atoms with van der Waals surface area (Å²) in [6, 6.07) is 0.163. The summed E-state index contributed by atoms with van der Waals surface area (Å²) in [6.07, 6.45) is 3.39. The van der Waals surface area contributed by atoms with Crippen LogP contribution in [-0.4, -0.2) is 49.4 Å². The largest absolute Gasteiger partial charge is 0.353 e. The zero-order valence-electron chi connectivity index (χ0n) is 11.0. The minimum absolute atomic E-state index is 0.0969. The Balaban J connectivity index is 1.91. The standard InChI is InChI=1S/C12H21ClN2O3S/c13-6-1-2-8-19(17,18)15-7-5-11-10(9-15)3-4-12(16)14-11/h10-11H,1-9H2,(H,14,16). The molecule has 5 nitrogen and oxygen atoms in total. The van der Waals surface area contributed by atoms with Crippen molar-refractivity contribution in [2.45, 2.75) is 38.1 Å². The van der Waals surface area contributed by atoms with E-state index in [-0.39, 0.29) is 23.6 Å². The summed E-state index contributed by atoms with van der Waals surface area (Å²) in [5.41, 5.74) is 0. The van der Waals surface area contributed by atoms with Gasteiger partial charge in [-0.25, -0.2) is 12.7 Å². The van der Waals surface area contributed by atoms with E-state index in [9.17, 15) is 13.2 Å². The Kier molecular flexibility index (Phi) is 5.09. The van der Waals surface area contributed by atoms with Crippen LogP contribution < -0.4 is 5.32 Å². The SMILES string of the molecule is O=C1CCC2CN(S(=O)(=O)CCCCCl)CCC2N1. The molecule has 2 saturated heterocycles. The van der Waals surface area contributed by atoms with E-state index < -0.39 is 10.0 Å². The lowest BCUT2D eigenvalue weighted by molar-refractivity contribution is -0.124. The number of carbonyl (C=O) groups is 1. The third kappa shape index (κ3) is 3.83. The number of carbonyl (C=O) groups excluding carboxylic acids is 1. The molecular weight excluding hydrogens is 288 g/mol. The number of halogens is 1. The fourth-order valence-electron chi connectivity index (χ4n) is 2.84. The van der Waals surface area contributed by atoms with Gasteiger partial charge in [-0.2, -0.15) is 0 Å². The number of alkyl halides is 1. The van der Waals surface area contributed by atoms with Crippen LogP contribution in [0.25, 0.3) is 0 Å². The van der Waals surface area contributed by atoms with Crippen LogP contribution in [0.5, 0.6) is 0 Å². The van der Waals surface area contributed by atoms with Crippen molar-refractivity contribution in [2.75, 3.05) is 24.7 Å². The molecule has 2 atom stereocenters. The molecule has 0 spiro atoms. The Hall–Kier alpha value is -0.330. The van der Waals surface area contributed by atoms with Crippen molar-refractivity contribution in [1.29, 1.82) is 0 Å². The highest BCUT2D eigenvalue weighted by molar-refractivity contribution is 7.89. The van der Waals surface area contributed by atoms with Crippen molar-refractivity contribution in [2.24, 2.45) is 5.92 Å². The van der Waals surface area contributed by atoms with Gasteiger partial charge in [-0.15, -0.1) is 11.6 Å². The topological polar surface area (TPSA) is 66.5 Å². The van der Waals surface area contributed by atoms with Gasteiger partial charge in [-0.1, -0.05) is 0 Å². The molecule has 7 heteroatoms. The molecule has 0 aromatic carbocycles. The van der Waals surface area contributed by atoms with Crippen molar-refractivity contribution in [3.63, 3.8) is 0 Å². The van der Waals surface area contributed by atoms with Crippen molar-refractivity contribution in [3.8, 4) is 0 Å². The van der Waals surface area contributed by atoms with E-state index in [0.29, 0.717) is 31.8 Å². The minimum atomic E-state index is -3.16. The van der Waals surface area contributed by atoms with E-state index in [1.54, 1.807) is 4.31 Å². The predicted octanol–water partition coefficient (Wildman–Crippen LogP) is 0.936. The summed E-state index contributed by atoms with van der Waals surface area (Å²) < 4.78 is 26.0. The summed E-state index contributed by atoms with van der Waals surface area (Å²) in [5.74, 6) is 1.06. The van der Waals surface area contributed by atoms with Crippen molar-refractivity contribution < 1.29 is 13.2 Å². The van der Waals surface area contributed by atoms with Crippen LogP contribution in [0.1, 0.15) is 32.1 Å². The Morgan fingerprint density at radius 2 is 2.11 bits per heavy atom. The monoisotopic (exact) mass is 308 g/mol. The summed E-state index contributed by atoms with van der Waals surface area (Å²) in [4.78, 5) is 11.3. The molecule has 0 saturated carbocycles. The second-order valence-corrected chi connectivity index (χ2v) is 7.80. The minimum Gasteiger partial charge on any atom is -0.353 e. The van der Waals surface area contributed by atoms with Crippen LogP contribution in [-0.2, 0) is 14.8 Å². The van der Waals surface area contributed by atoms with Crippen LogP contribution in [0.3, 0.4) is 0 Å². The number of nitrogens with zero attached hydrogens (tertiary/aromatic N) is 1. The molecule has 110 valence electrons. The van der Waals surface area contributed by atoms with Gasteiger partial charge in [0.15, 0.2) is 0 Å². The Morgan fingerprint density at radius 3 is 2.84 bits per heavy atom. The molecule has 0 radical (unpaired) electrons. The first-order chi connectivity index (χ1) is 9.03. The fraction of sp³-hybridized carbons (Fsp3) is 0.917. The molecule has 2 aliphatic rings. The number of fused-ring (bicyclic) bond motifs is 1. The van der Waals surface area contributed by atoms with E-state index in [1.807, 2.05) is 0 Å². The van der Waals surface area contributed by atoms with E-state index in [2.05, 4.69) is 5.32 Å². The zero-order chi connectivity index (χ0) is 13.9. The van der Waals surface area contributed by atoms with Gasteiger partial charge in [0.05, 0.1) is 5.75 Å². The highest BCUT2D eigenvalue weighted by atomic mass is 35.5. The Labute approximate surface area is 119 Å².